The van der Waals surface area contributed by atoms with Gasteiger partial charge < -0.3 is 0 Å². The zero-order chi connectivity index (χ0) is 12.1. The first-order valence-corrected chi connectivity index (χ1v) is 4.95. The van der Waals surface area contributed by atoms with Crippen LogP contribution in [0.25, 0.3) is 6.08 Å². The minimum atomic E-state index is -0.545. The molecule has 0 heterocycles. The molecule has 82 valence electrons. The first-order valence-electron chi connectivity index (χ1n) is 4.95. The molecule has 0 saturated heterocycles. The highest BCUT2D eigenvalue weighted by molar-refractivity contribution is 5.82. The van der Waals surface area contributed by atoms with E-state index in [4.69, 9.17) is 5.26 Å². The van der Waals surface area contributed by atoms with Crippen molar-refractivity contribution in [2.75, 3.05) is 0 Å². The van der Waals surface area contributed by atoms with E-state index in [2.05, 4.69) is 0 Å². The summed E-state index contributed by atoms with van der Waals surface area (Å²) in [5.41, 5.74) is 1.27. The highest BCUT2D eigenvalue weighted by atomic mass is 19.1. The molecular weight excluding hydrogens is 205 g/mol. The van der Waals surface area contributed by atoms with Crippen LogP contribution in [0.3, 0.4) is 0 Å². The fourth-order valence-corrected chi connectivity index (χ4v) is 1.25. The van der Waals surface area contributed by atoms with Crippen molar-refractivity contribution in [3.8, 4) is 6.07 Å². The Morgan fingerprint density at radius 3 is 2.69 bits per heavy atom. The van der Waals surface area contributed by atoms with Crippen molar-refractivity contribution in [1.82, 2.24) is 0 Å². The Kier molecular flexibility index (Phi) is 3.96. The van der Waals surface area contributed by atoms with Gasteiger partial charge in [0, 0.05) is 0 Å². The average Bonchev–Trinajstić information content (AvgIpc) is 2.27. The monoisotopic (exact) mass is 217 g/mol. The number of hydrogen-bond donors (Lipinski definition) is 0. The first-order chi connectivity index (χ1) is 7.58. The van der Waals surface area contributed by atoms with Crippen LogP contribution in [0.4, 0.5) is 4.39 Å². The van der Waals surface area contributed by atoms with Gasteiger partial charge in [-0.25, -0.2) is 4.39 Å². The third-order valence-electron chi connectivity index (χ3n) is 2.25. The Balaban J connectivity index is 3.16. The van der Waals surface area contributed by atoms with Crippen molar-refractivity contribution < 1.29 is 9.18 Å². The number of hydrogen-bond acceptors (Lipinski definition) is 2. The van der Waals surface area contributed by atoms with E-state index in [-0.39, 0.29) is 11.5 Å². The fraction of sp³-hybridized carbons (Fsp3) is 0.231. The van der Waals surface area contributed by atoms with Gasteiger partial charge in [0.25, 0.3) is 0 Å². The summed E-state index contributed by atoms with van der Waals surface area (Å²) < 4.78 is 13.0. The van der Waals surface area contributed by atoms with E-state index in [1.54, 1.807) is 18.2 Å². The molecule has 0 spiro atoms. The van der Waals surface area contributed by atoms with Crippen LogP contribution in [0.15, 0.2) is 23.8 Å². The van der Waals surface area contributed by atoms with Crippen LogP contribution in [0.1, 0.15) is 25.0 Å². The van der Waals surface area contributed by atoms with Crippen LogP contribution in [0.2, 0.25) is 0 Å². The molecule has 0 aliphatic heterocycles. The normalized spacial score (nSPS) is 11.3. The topological polar surface area (TPSA) is 40.9 Å². The SMILES string of the molecule is CC(C)/C(C=O)=C/c1ccc(F)c(C#N)c1. The van der Waals surface area contributed by atoms with Gasteiger partial charge in [-0.15, -0.1) is 0 Å². The number of carbonyl (C=O) groups is 1. The fourth-order valence-electron chi connectivity index (χ4n) is 1.25. The molecule has 0 unspecified atom stereocenters. The molecule has 3 heteroatoms. The minimum Gasteiger partial charge on any atom is -0.298 e. The Hall–Kier alpha value is -1.95. The van der Waals surface area contributed by atoms with Crippen LogP contribution in [-0.2, 0) is 4.79 Å². The molecule has 2 nitrogen and oxygen atoms in total. The van der Waals surface area contributed by atoms with E-state index >= 15 is 0 Å². The van der Waals surface area contributed by atoms with Crippen molar-refractivity contribution in [3.63, 3.8) is 0 Å². The van der Waals surface area contributed by atoms with Gasteiger partial charge in [0.2, 0.25) is 0 Å². The molecule has 1 aromatic carbocycles. The zero-order valence-corrected chi connectivity index (χ0v) is 9.20. The molecule has 0 radical (unpaired) electrons. The molecule has 1 rings (SSSR count). The maximum absolute atomic E-state index is 13.0. The predicted molar refractivity (Wildman–Crippen MR) is 60.0 cm³/mol. The molecule has 1 aromatic rings. The van der Waals surface area contributed by atoms with Crippen molar-refractivity contribution in [2.24, 2.45) is 5.92 Å². The number of allylic oxidation sites excluding steroid dienone is 1. The Labute approximate surface area is 94.0 Å². The number of benzene rings is 1. The van der Waals surface area contributed by atoms with Crippen LogP contribution in [0.5, 0.6) is 0 Å². The summed E-state index contributed by atoms with van der Waals surface area (Å²) in [5, 5.41) is 8.66. The maximum atomic E-state index is 13.0. The van der Waals surface area contributed by atoms with Gasteiger partial charge in [-0.3, -0.25) is 4.79 Å². The first kappa shape index (κ1) is 12.1. The van der Waals surface area contributed by atoms with Crippen LogP contribution in [-0.4, -0.2) is 6.29 Å². The lowest BCUT2D eigenvalue weighted by molar-refractivity contribution is -0.105. The van der Waals surface area contributed by atoms with Gasteiger partial charge in [0.15, 0.2) is 0 Å². The van der Waals surface area contributed by atoms with Gasteiger partial charge in [0.05, 0.1) is 5.56 Å². The van der Waals surface area contributed by atoms with E-state index in [9.17, 15) is 9.18 Å². The molecular formula is C13H12FNO. The average molecular weight is 217 g/mol. The molecule has 0 N–H and O–H groups in total. The highest BCUT2D eigenvalue weighted by Gasteiger charge is 2.04. The summed E-state index contributed by atoms with van der Waals surface area (Å²) in [6.07, 6.45) is 2.44. The summed E-state index contributed by atoms with van der Waals surface area (Å²) in [5.74, 6) is -0.440. The summed E-state index contributed by atoms with van der Waals surface area (Å²) in [6.45, 7) is 3.80. The highest BCUT2D eigenvalue weighted by Crippen LogP contribution is 2.15. The number of halogens is 1. The molecule has 0 atom stereocenters. The van der Waals surface area contributed by atoms with Crippen molar-refractivity contribution in [3.05, 3.63) is 40.7 Å². The van der Waals surface area contributed by atoms with E-state index in [0.29, 0.717) is 11.1 Å². The van der Waals surface area contributed by atoms with E-state index in [1.807, 2.05) is 13.8 Å². The lowest BCUT2D eigenvalue weighted by Gasteiger charge is -2.04. The van der Waals surface area contributed by atoms with Gasteiger partial charge >= 0.3 is 0 Å². The molecule has 0 saturated carbocycles. The van der Waals surface area contributed by atoms with E-state index in [1.165, 1.54) is 12.1 Å². The van der Waals surface area contributed by atoms with Crippen LogP contribution in [0, 0.1) is 23.1 Å². The molecule has 0 aliphatic rings. The summed E-state index contributed by atoms with van der Waals surface area (Å²) >= 11 is 0. The molecule has 0 aromatic heterocycles. The minimum absolute atomic E-state index is 0.0113. The second-order valence-corrected chi connectivity index (χ2v) is 3.77. The standard InChI is InChI=1S/C13H12FNO/c1-9(2)12(8-16)6-10-3-4-13(14)11(5-10)7-15/h3-6,8-9H,1-2H3/b12-6+. The number of aldehydes is 1. The number of carbonyl (C=O) groups excluding carboxylic acids is 1. The second-order valence-electron chi connectivity index (χ2n) is 3.77. The maximum Gasteiger partial charge on any atom is 0.146 e. The van der Waals surface area contributed by atoms with Gasteiger partial charge in [-0.2, -0.15) is 5.26 Å². The van der Waals surface area contributed by atoms with Crippen LogP contribution < -0.4 is 0 Å². The summed E-state index contributed by atoms with van der Waals surface area (Å²) in [4.78, 5) is 10.8. The zero-order valence-electron chi connectivity index (χ0n) is 9.20. The van der Waals surface area contributed by atoms with Crippen molar-refractivity contribution >= 4 is 12.4 Å². The second kappa shape index (κ2) is 5.22. The van der Waals surface area contributed by atoms with Gasteiger partial charge in [0.1, 0.15) is 18.2 Å². The Bertz CT molecular complexity index is 469. The Morgan fingerprint density at radius 2 is 2.19 bits per heavy atom. The Morgan fingerprint density at radius 1 is 1.50 bits per heavy atom. The van der Waals surface area contributed by atoms with Gasteiger partial charge in [-0.05, 0) is 35.3 Å². The lowest BCUT2D eigenvalue weighted by Crippen LogP contribution is -1.95. The number of nitriles is 1. The van der Waals surface area contributed by atoms with E-state index in [0.717, 1.165) is 6.29 Å². The smallest absolute Gasteiger partial charge is 0.146 e. The summed E-state index contributed by atoms with van der Waals surface area (Å²) in [6, 6.07) is 5.97. The quantitative estimate of drug-likeness (QED) is 0.577. The third kappa shape index (κ3) is 2.77. The van der Waals surface area contributed by atoms with Crippen molar-refractivity contribution in [1.29, 1.82) is 5.26 Å². The predicted octanol–water partition coefficient (Wildman–Crippen LogP) is 2.94. The van der Waals surface area contributed by atoms with Crippen molar-refractivity contribution in [2.45, 2.75) is 13.8 Å². The van der Waals surface area contributed by atoms with E-state index < -0.39 is 5.82 Å². The largest absolute Gasteiger partial charge is 0.298 e. The molecule has 0 bridgehead atoms. The number of rotatable bonds is 3. The molecule has 16 heavy (non-hydrogen) atoms. The summed E-state index contributed by atoms with van der Waals surface area (Å²) in [7, 11) is 0. The third-order valence-corrected chi connectivity index (χ3v) is 2.25. The van der Waals surface area contributed by atoms with Gasteiger partial charge in [-0.1, -0.05) is 19.9 Å². The molecule has 0 aliphatic carbocycles. The van der Waals surface area contributed by atoms with Crippen LogP contribution >= 0.6 is 0 Å². The lowest BCUT2D eigenvalue weighted by atomic mass is 10.0. The molecule has 0 fully saturated rings. The number of nitrogens with zero attached hydrogens (tertiary/aromatic N) is 1. The molecule has 0 amide bonds.